The van der Waals surface area contributed by atoms with Gasteiger partial charge < -0.3 is 20.7 Å². The van der Waals surface area contributed by atoms with Gasteiger partial charge in [0.05, 0.1) is 7.11 Å². The van der Waals surface area contributed by atoms with Crippen molar-refractivity contribution in [1.82, 2.24) is 15.0 Å². The lowest BCUT2D eigenvalue weighted by Crippen LogP contribution is -2.47. The molecule has 0 bridgehead atoms. The van der Waals surface area contributed by atoms with Crippen molar-refractivity contribution < 1.29 is 9.13 Å². The van der Waals surface area contributed by atoms with E-state index in [9.17, 15) is 4.39 Å². The molecule has 0 radical (unpaired) electrons. The minimum atomic E-state index is -0.453. The molecule has 2 aliphatic rings. The molecule has 1 saturated carbocycles. The van der Waals surface area contributed by atoms with Gasteiger partial charge in [0, 0.05) is 24.3 Å². The summed E-state index contributed by atoms with van der Waals surface area (Å²) in [7, 11) is 1.43. The van der Waals surface area contributed by atoms with Crippen LogP contribution in [0.5, 0.6) is 5.75 Å². The van der Waals surface area contributed by atoms with Crippen LogP contribution in [-0.4, -0.2) is 34.6 Å². The zero-order valence-electron chi connectivity index (χ0n) is 15.5. The second kappa shape index (κ2) is 7.54. The molecule has 27 heavy (non-hydrogen) atoms. The van der Waals surface area contributed by atoms with E-state index in [1.807, 2.05) is 0 Å². The summed E-state index contributed by atoms with van der Waals surface area (Å²) in [6.07, 6.45) is 7.41. The first-order valence-corrected chi connectivity index (χ1v) is 9.53. The maximum atomic E-state index is 13.9. The average molecular weight is 372 g/mol. The van der Waals surface area contributed by atoms with Crippen LogP contribution in [0.25, 0.3) is 0 Å². The first-order valence-electron chi connectivity index (χ1n) is 9.53. The fraction of sp³-hybridized carbons (Fsp3) is 0.526. The molecule has 2 unspecified atom stereocenters. The highest BCUT2D eigenvalue weighted by Crippen LogP contribution is 2.37. The fourth-order valence-corrected chi connectivity index (χ4v) is 4.31. The number of nitrogens with one attached hydrogen (secondary N) is 1. The highest BCUT2D eigenvalue weighted by atomic mass is 19.1. The Hall–Kier alpha value is -2.64. The van der Waals surface area contributed by atoms with Crippen molar-refractivity contribution in [2.45, 2.75) is 44.6 Å². The topological polar surface area (TPSA) is 89.2 Å². The number of nitrogen functional groups attached to an aromatic ring is 1. The van der Waals surface area contributed by atoms with Gasteiger partial charge in [0.25, 0.3) is 0 Å². The summed E-state index contributed by atoms with van der Waals surface area (Å²) < 4.78 is 18.9. The molecule has 1 aliphatic carbocycles. The lowest BCUT2D eigenvalue weighted by atomic mass is 9.78. The zero-order valence-corrected chi connectivity index (χ0v) is 15.5. The molecule has 1 aliphatic heterocycles. The molecule has 1 saturated heterocycles. The molecule has 3 N–H and O–H groups in total. The fourth-order valence-electron chi connectivity index (χ4n) is 4.31. The summed E-state index contributed by atoms with van der Waals surface area (Å²) in [4.78, 5) is 15.4. The lowest BCUT2D eigenvalue weighted by molar-refractivity contribution is 0.241. The molecule has 2 heterocycles. The number of anilines is 4. The van der Waals surface area contributed by atoms with Crippen LogP contribution in [0.4, 0.5) is 27.9 Å². The summed E-state index contributed by atoms with van der Waals surface area (Å²) in [5, 5.41) is 3.02. The van der Waals surface area contributed by atoms with E-state index in [2.05, 4.69) is 25.2 Å². The third-order valence-electron chi connectivity index (χ3n) is 5.55. The van der Waals surface area contributed by atoms with Gasteiger partial charge in [-0.3, -0.25) is 0 Å². The standard InChI is InChI=1S/C19H25FN6O/c1-27-16-9-8-13(11-14(16)20)22-18-23-17(21)24-19(25-18)26-10-4-6-12-5-2-3-7-15(12)26/h8-9,11-12,15H,2-7,10H2,1H3,(H3,21,22,23,24,25). The molecule has 0 spiro atoms. The van der Waals surface area contributed by atoms with E-state index >= 15 is 0 Å². The first-order chi connectivity index (χ1) is 13.1. The van der Waals surface area contributed by atoms with Crippen LogP contribution in [0.3, 0.4) is 0 Å². The number of piperidine rings is 1. The summed E-state index contributed by atoms with van der Waals surface area (Å²) in [5.74, 6) is 1.53. The molecule has 2 fully saturated rings. The summed E-state index contributed by atoms with van der Waals surface area (Å²) in [6.45, 7) is 0.932. The Morgan fingerprint density at radius 1 is 1.15 bits per heavy atom. The van der Waals surface area contributed by atoms with Crippen LogP contribution < -0.4 is 20.7 Å². The van der Waals surface area contributed by atoms with Crippen molar-refractivity contribution in [1.29, 1.82) is 0 Å². The van der Waals surface area contributed by atoms with Gasteiger partial charge in [-0.1, -0.05) is 12.8 Å². The molecule has 8 heteroatoms. The van der Waals surface area contributed by atoms with Crippen molar-refractivity contribution in [3.8, 4) is 5.75 Å². The van der Waals surface area contributed by atoms with Gasteiger partial charge in [-0.15, -0.1) is 0 Å². The highest BCUT2D eigenvalue weighted by Gasteiger charge is 2.34. The molecular weight excluding hydrogens is 347 g/mol. The Labute approximate surface area is 158 Å². The lowest BCUT2D eigenvalue weighted by Gasteiger charge is -2.44. The molecule has 0 amide bonds. The van der Waals surface area contributed by atoms with Crippen molar-refractivity contribution in [3.63, 3.8) is 0 Å². The minimum absolute atomic E-state index is 0.161. The molecule has 2 atom stereocenters. The van der Waals surface area contributed by atoms with Crippen molar-refractivity contribution >= 4 is 23.5 Å². The van der Waals surface area contributed by atoms with E-state index in [1.165, 1.54) is 45.3 Å². The van der Waals surface area contributed by atoms with E-state index in [0.29, 0.717) is 29.5 Å². The van der Waals surface area contributed by atoms with Gasteiger partial charge in [0.1, 0.15) is 0 Å². The third kappa shape index (κ3) is 3.74. The summed E-state index contributed by atoms with van der Waals surface area (Å²) in [6, 6.07) is 5.08. The van der Waals surface area contributed by atoms with Gasteiger partial charge in [-0.05, 0) is 43.7 Å². The number of halogens is 1. The number of benzene rings is 1. The Bertz CT molecular complexity index is 815. The quantitative estimate of drug-likeness (QED) is 0.849. The Balaban J connectivity index is 1.58. The van der Waals surface area contributed by atoms with Crippen molar-refractivity contribution in [3.05, 3.63) is 24.0 Å². The van der Waals surface area contributed by atoms with Gasteiger partial charge in [-0.2, -0.15) is 15.0 Å². The monoisotopic (exact) mass is 372 g/mol. The Kier molecular flexibility index (Phi) is 4.96. The van der Waals surface area contributed by atoms with Gasteiger partial charge >= 0.3 is 0 Å². The molecule has 4 rings (SSSR count). The predicted octanol–water partition coefficient (Wildman–Crippen LogP) is 3.50. The number of aromatic nitrogens is 3. The second-order valence-corrected chi connectivity index (χ2v) is 7.24. The number of fused-ring (bicyclic) bond motifs is 1. The van der Waals surface area contributed by atoms with Crippen molar-refractivity contribution in [2.24, 2.45) is 5.92 Å². The molecule has 144 valence electrons. The van der Waals surface area contributed by atoms with E-state index in [1.54, 1.807) is 12.1 Å². The normalized spacial score (nSPS) is 22.2. The largest absolute Gasteiger partial charge is 0.494 e. The third-order valence-corrected chi connectivity index (χ3v) is 5.55. The van der Waals surface area contributed by atoms with Crippen LogP contribution in [0.15, 0.2) is 18.2 Å². The van der Waals surface area contributed by atoms with Crippen LogP contribution in [-0.2, 0) is 0 Å². The number of hydrogen-bond donors (Lipinski definition) is 2. The Morgan fingerprint density at radius 2 is 1.96 bits per heavy atom. The second-order valence-electron chi connectivity index (χ2n) is 7.24. The maximum absolute atomic E-state index is 13.9. The van der Waals surface area contributed by atoms with Crippen LogP contribution in [0.2, 0.25) is 0 Å². The maximum Gasteiger partial charge on any atom is 0.233 e. The number of ether oxygens (including phenoxy) is 1. The average Bonchev–Trinajstić information content (AvgIpc) is 2.67. The van der Waals surface area contributed by atoms with Crippen molar-refractivity contribution in [2.75, 3.05) is 29.6 Å². The van der Waals surface area contributed by atoms with Gasteiger partial charge in [0.2, 0.25) is 17.8 Å². The summed E-state index contributed by atoms with van der Waals surface area (Å²) >= 11 is 0. The van der Waals surface area contributed by atoms with Crippen LogP contribution in [0, 0.1) is 11.7 Å². The first kappa shape index (κ1) is 17.8. The number of nitrogens with zero attached hydrogens (tertiary/aromatic N) is 4. The Morgan fingerprint density at radius 3 is 2.78 bits per heavy atom. The van der Waals surface area contributed by atoms with Gasteiger partial charge in [-0.25, -0.2) is 4.39 Å². The summed E-state index contributed by atoms with van der Waals surface area (Å²) in [5.41, 5.74) is 6.47. The predicted molar refractivity (Wildman–Crippen MR) is 103 cm³/mol. The SMILES string of the molecule is COc1ccc(Nc2nc(N)nc(N3CCCC4CCCCC43)n2)cc1F. The van der Waals surface area contributed by atoms with E-state index in [0.717, 1.165) is 13.0 Å². The smallest absolute Gasteiger partial charge is 0.233 e. The molecule has 7 nitrogen and oxygen atoms in total. The van der Waals surface area contributed by atoms with Crippen LogP contribution in [0.1, 0.15) is 38.5 Å². The van der Waals surface area contributed by atoms with E-state index in [4.69, 9.17) is 10.5 Å². The van der Waals surface area contributed by atoms with E-state index in [-0.39, 0.29) is 11.7 Å². The highest BCUT2D eigenvalue weighted by molar-refractivity contribution is 5.57. The molecule has 1 aromatic carbocycles. The minimum Gasteiger partial charge on any atom is -0.494 e. The molecule has 1 aromatic heterocycles. The number of nitrogens with two attached hydrogens (primary N) is 1. The van der Waals surface area contributed by atoms with Crippen LogP contribution >= 0.6 is 0 Å². The number of methoxy groups -OCH3 is 1. The molecule has 2 aromatic rings. The number of hydrogen-bond acceptors (Lipinski definition) is 7. The molecular formula is C19H25FN6O. The zero-order chi connectivity index (χ0) is 18.8. The number of rotatable bonds is 4. The van der Waals surface area contributed by atoms with E-state index < -0.39 is 5.82 Å². The van der Waals surface area contributed by atoms with Gasteiger partial charge in [0.15, 0.2) is 11.6 Å².